The van der Waals surface area contributed by atoms with Crippen molar-refractivity contribution in [3.8, 4) is 5.75 Å². The van der Waals surface area contributed by atoms with E-state index in [2.05, 4.69) is 5.32 Å². The van der Waals surface area contributed by atoms with Gasteiger partial charge in [-0.2, -0.15) is 13.2 Å². The van der Waals surface area contributed by atoms with E-state index in [1.807, 2.05) is 4.90 Å². The summed E-state index contributed by atoms with van der Waals surface area (Å²) in [5, 5.41) is 2.67. The molecule has 0 unspecified atom stereocenters. The predicted octanol–water partition coefficient (Wildman–Crippen LogP) is 1.23. The first-order chi connectivity index (χ1) is 17.2. The molecule has 0 radical (unpaired) electrons. The van der Waals surface area contributed by atoms with Gasteiger partial charge in [0.25, 0.3) is 5.91 Å². The summed E-state index contributed by atoms with van der Waals surface area (Å²) in [6, 6.07) is 2.23. The smallest absolute Gasteiger partial charge is 0.416 e. The Labute approximate surface area is 207 Å². The molecule has 9 nitrogen and oxygen atoms in total. The third-order valence-corrected chi connectivity index (χ3v) is 6.69. The molecule has 1 aliphatic carbocycles. The van der Waals surface area contributed by atoms with Crippen molar-refractivity contribution in [3.05, 3.63) is 29.3 Å². The molecule has 0 bridgehead atoms. The number of carbonyl (C=O) groups excluding carboxylic acids is 3. The van der Waals surface area contributed by atoms with E-state index in [-0.39, 0.29) is 56.0 Å². The Morgan fingerprint density at radius 1 is 1.19 bits per heavy atom. The maximum atomic E-state index is 13.3. The highest BCUT2D eigenvalue weighted by Crippen LogP contribution is 2.33. The van der Waals surface area contributed by atoms with Crippen LogP contribution in [0.4, 0.5) is 13.2 Å². The van der Waals surface area contributed by atoms with Gasteiger partial charge in [-0.25, -0.2) is 0 Å². The highest BCUT2D eigenvalue weighted by atomic mass is 19.4. The number of hydrogen-bond donors (Lipinski definition) is 1. The summed E-state index contributed by atoms with van der Waals surface area (Å²) in [6.45, 7) is 2.09. The van der Waals surface area contributed by atoms with Crippen LogP contribution < -0.4 is 10.1 Å². The summed E-state index contributed by atoms with van der Waals surface area (Å²) >= 11 is 0. The van der Waals surface area contributed by atoms with Crippen LogP contribution in [-0.4, -0.2) is 105 Å². The minimum absolute atomic E-state index is 0.0117. The second-order valence-electron chi connectivity index (χ2n) is 9.47. The second-order valence-corrected chi connectivity index (χ2v) is 9.47. The highest BCUT2D eigenvalue weighted by molar-refractivity contribution is 5.97. The van der Waals surface area contributed by atoms with Gasteiger partial charge < -0.3 is 24.6 Å². The number of nitrogens with one attached hydrogen (secondary N) is 1. The topological polar surface area (TPSA) is 91.4 Å². The fourth-order valence-corrected chi connectivity index (χ4v) is 4.57. The molecule has 1 saturated carbocycles. The SMILES string of the molecule is COCC(=O)N1CCN2C(=O)CN(CC3CC3)CCNC(=O)c3cc(C(F)(F)F)ccc3OC[C@@H]2C1. The zero-order valence-electron chi connectivity index (χ0n) is 20.2. The molecular weight excluding hydrogens is 481 g/mol. The van der Waals surface area contributed by atoms with Crippen LogP contribution in [0.15, 0.2) is 18.2 Å². The van der Waals surface area contributed by atoms with Crippen molar-refractivity contribution in [2.75, 3.05) is 66.1 Å². The number of ether oxygens (including phenoxy) is 2. The summed E-state index contributed by atoms with van der Waals surface area (Å²) in [5.41, 5.74) is -1.18. The zero-order chi connectivity index (χ0) is 25.9. The van der Waals surface area contributed by atoms with Crippen LogP contribution in [0.25, 0.3) is 0 Å². The maximum Gasteiger partial charge on any atom is 0.416 e. The highest BCUT2D eigenvalue weighted by Gasteiger charge is 2.36. The van der Waals surface area contributed by atoms with Crippen LogP contribution in [0, 0.1) is 5.92 Å². The molecule has 1 saturated heterocycles. The first-order valence-corrected chi connectivity index (χ1v) is 12.1. The van der Waals surface area contributed by atoms with Crippen molar-refractivity contribution in [1.82, 2.24) is 20.0 Å². The Kier molecular flexibility index (Phi) is 8.04. The van der Waals surface area contributed by atoms with Crippen molar-refractivity contribution in [2.24, 2.45) is 5.92 Å². The first-order valence-electron chi connectivity index (χ1n) is 12.1. The number of alkyl halides is 3. The summed E-state index contributed by atoms with van der Waals surface area (Å²) in [5.74, 6) is -0.520. The lowest BCUT2D eigenvalue weighted by Crippen LogP contribution is -2.60. The summed E-state index contributed by atoms with van der Waals surface area (Å²) < 4.78 is 50.8. The van der Waals surface area contributed by atoms with Crippen LogP contribution in [0.1, 0.15) is 28.8 Å². The Bertz CT molecular complexity index is 985. The molecule has 1 atom stereocenters. The van der Waals surface area contributed by atoms with E-state index in [1.54, 1.807) is 9.80 Å². The van der Waals surface area contributed by atoms with Gasteiger partial charge in [0, 0.05) is 46.4 Å². The van der Waals surface area contributed by atoms with Crippen molar-refractivity contribution in [2.45, 2.75) is 25.1 Å². The maximum absolute atomic E-state index is 13.3. The first kappa shape index (κ1) is 26.2. The van der Waals surface area contributed by atoms with Gasteiger partial charge in [-0.3, -0.25) is 19.3 Å². The molecule has 2 heterocycles. The van der Waals surface area contributed by atoms with Crippen molar-refractivity contribution in [3.63, 3.8) is 0 Å². The lowest BCUT2D eigenvalue weighted by atomic mass is 10.1. The van der Waals surface area contributed by atoms with E-state index in [9.17, 15) is 27.6 Å². The van der Waals surface area contributed by atoms with Gasteiger partial charge in [-0.15, -0.1) is 0 Å². The van der Waals surface area contributed by atoms with Crippen LogP contribution in [0.2, 0.25) is 0 Å². The van der Waals surface area contributed by atoms with Crippen LogP contribution in [0.3, 0.4) is 0 Å². The molecule has 4 rings (SSSR count). The average molecular weight is 513 g/mol. The summed E-state index contributed by atoms with van der Waals surface area (Å²) in [7, 11) is 1.42. The molecule has 3 amide bonds. The lowest BCUT2D eigenvalue weighted by Gasteiger charge is -2.42. The number of methoxy groups -OCH3 is 1. The number of nitrogens with zero attached hydrogens (tertiary/aromatic N) is 3. The number of carbonyl (C=O) groups is 3. The van der Waals surface area contributed by atoms with Gasteiger partial charge in [0.1, 0.15) is 19.0 Å². The number of fused-ring (bicyclic) bond motifs is 2. The molecule has 12 heteroatoms. The Hall–Kier alpha value is -2.86. The Morgan fingerprint density at radius 3 is 2.67 bits per heavy atom. The number of benzene rings is 1. The third kappa shape index (κ3) is 6.47. The normalized spacial score (nSPS) is 22.4. The fraction of sp³-hybridized carbons (Fsp3) is 0.625. The van der Waals surface area contributed by atoms with Crippen molar-refractivity contribution in [1.29, 1.82) is 0 Å². The average Bonchev–Trinajstić information content (AvgIpc) is 3.65. The van der Waals surface area contributed by atoms with E-state index in [1.165, 1.54) is 7.11 Å². The van der Waals surface area contributed by atoms with Crippen LogP contribution in [-0.2, 0) is 20.5 Å². The van der Waals surface area contributed by atoms with Crippen LogP contribution >= 0.6 is 0 Å². The van der Waals surface area contributed by atoms with Gasteiger partial charge >= 0.3 is 6.18 Å². The number of amides is 3. The molecule has 1 N–H and O–H groups in total. The Morgan fingerprint density at radius 2 is 1.97 bits per heavy atom. The molecular formula is C24H31F3N4O5. The molecule has 1 aromatic rings. The molecule has 0 aromatic heterocycles. The standard InChI is InChI=1S/C24H31F3N4O5/c1-35-15-22(33)30-8-9-31-18(12-30)14-36-20-5-4-17(24(25,26)27)10-19(20)23(34)28-6-7-29(13-21(31)32)11-16-2-3-16/h4-5,10,16,18H,2-3,6-9,11-15H2,1H3,(H,28,34)/t18-/m0/s1. The van der Waals surface area contributed by atoms with E-state index in [0.29, 0.717) is 32.1 Å². The predicted molar refractivity (Wildman–Crippen MR) is 122 cm³/mol. The number of hydrogen-bond acceptors (Lipinski definition) is 6. The quantitative estimate of drug-likeness (QED) is 0.653. The second kappa shape index (κ2) is 11.0. The third-order valence-electron chi connectivity index (χ3n) is 6.69. The number of rotatable bonds is 4. The monoisotopic (exact) mass is 512 g/mol. The van der Waals surface area contributed by atoms with Gasteiger partial charge in [-0.05, 0) is 37.0 Å². The molecule has 0 spiro atoms. The van der Waals surface area contributed by atoms with E-state index in [0.717, 1.165) is 31.0 Å². The number of piperazine rings is 1. The summed E-state index contributed by atoms with van der Waals surface area (Å²) in [4.78, 5) is 43.8. The largest absolute Gasteiger partial charge is 0.491 e. The molecule has 36 heavy (non-hydrogen) atoms. The molecule has 3 aliphatic rings. The van der Waals surface area contributed by atoms with Crippen molar-refractivity contribution < 1.29 is 37.0 Å². The van der Waals surface area contributed by atoms with Gasteiger partial charge in [0.2, 0.25) is 11.8 Å². The molecule has 198 valence electrons. The van der Waals surface area contributed by atoms with Crippen LogP contribution in [0.5, 0.6) is 5.75 Å². The molecule has 1 aromatic carbocycles. The van der Waals surface area contributed by atoms with E-state index < -0.39 is 23.7 Å². The van der Waals surface area contributed by atoms with Gasteiger partial charge in [0.15, 0.2) is 0 Å². The minimum atomic E-state index is -4.62. The van der Waals surface area contributed by atoms with Gasteiger partial charge in [0.05, 0.1) is 23.7 Å². The Balaban J connectivity index is 1.62. The van der Waals surface area contributed by atoms with E-state index >= 15 is 0 Å². The zero-order valence-corrected chi connectivity index (χ0v) is 20.2. The lowest BCUT2D eigenvalue weighted by molar-refractivity contribution is -0.146. The van der Waals surface area contributed by atoms with Crippen molar-refractivity contribution >= 4 is 17.7 Å². The molecule has 2 aliphatic heterocycles. The number of halogens is 3. The van der Waals surface area contributed by atoms with E-state index in [4.69, 9.17) is 9.47 Å². The fourth-order valence-electron chi connectivity index (χ4n) is 4.57. The minimum Gasteiger partial charge on any atom is -0.491 e. The molecule has 2 fully saturated rings. The van der Waals surface area contributed by atoms with Gasteiger partial charge in [-0.1, -0.05) is 0 Å². The summed E-state index contributed by atoms with van der Waals surface area (Å²) in [6.07, 6.45) is -2.45.